The van der Waals surface area contributed by atoms with Gasteiger partial charge in [-0.2, -0.15) is 0 Å². The van der Waals surface area contributed by atoms with E-state index in [1.165, 1.54) is 0 Å². The molecule has 1 saturated carbocycles. The monoisotopic (exact) mass is 365 g/mol. The van der Waals surface area contributed by atoms with Crippen LogP contribution in [0.4, 0.5) is 5.69 Å². The Morgan fingerprint density at radius 3 is 2.36 bits per heavy atom. The molecular weight excluding hydrogens is 338 g/mol. The minimum Gasteiger partial charge on any atom is -0.338 e. The van der Waals surface area contributed by atoms with Gasteiger partial charge in [0.1, 0.15) is 0 Å². The molecule has 3 atom stereocenters. The van der Waals surface area contributed by atoms with Gasteiger partial charge in [0.25, 0.3) is 5.91 Å². The zero-order valence-corrected chi connectivity index (χ0v) is 15.9. The maximum Gasteiger partial charge on any atom is 0.253 e. The molecule has 3 rings (SSSR count). The largest absolute Gasteiger partial charge is 0.338 e. The highest BCUT2D eigenvalue weighted by Crippen LogP contribution is 2.38. The van der Waals surface area contributed by atoms with Crippen molar-refractivity contribution < 1.29 is 9.59 Å². The second-order valence-electron chi connectivity index (χ2n) is 8.00. The lowest BCUT2D eigenvalue weighted by atomic mass is 9.79. The van der Waals surface area contributed by atoms with Gasteiger partial charge < -0.3 is 16.0 Å². The zero-order valence-electron chi connectivity index (χ0n) is 15.1. The molecule has 1 aliphatic heterocycles. The highest BCUT2D eigenvalue weighted by molar-refractivity contribution is 5.97. The molecule has 2 amide bonds. The van der Waals surface area contributed by atoms with Crippen molar-refractivity contribution in [2.45, 2.75) is 39.7 Å². The third kappa shape index (κ3) is 4.33. The quantitative estimate of drug-likeness (QED) is 0.864. The average molecular weight is 366 g/mol. The molecular formula is C19H28ClN3O2. The number of anilines is 1. The third-order valence-corrected chi connectivity index (χ3v) is 5.45. The lowest BCUT2D eigenvalue weighted by Gasteiger charge is -2.42. The van der Waals surface area contributed by atoms with E-state index in [0.717, 1.165) is 18.5 Å². The van der Waals surface area contributed by atoms with Crippen molar-refractivity contribution in [1.29, 1.82) is 0 Å². The Hall–Kier alpha value is -1.59. The standard InChI is InChI=1S/C19H27N3O2.ClH/c1-12-10-15(12)17(23)21-14-6-4-13(5-7-14)18(24)22-9-8-16(20)19(2,3)11-22;/h4-7,12,15-16H,8-11,20H2,1-3H3,(H,21,23);1H. The number of rotatable bonds is 3. The summed E-state index contributed by atoms with van der Waals surface area (Å²) < 4.78 is 0. The molecule has 138 valence electrons. The van der Waals surface area contributed by atoms with Crippen molar-refractivity contribution in [2.24, 2.45) is 23.0 Å². The third-order valence-electron chi connectivity index (χ3n) is 5.45. The first-order chi connectivity index (χ1) is 11.3. The average Bonchev–Trinajstić information content (AvgIpc) is 3.27. The van der Waals surface area contributed by atoms with Crippen LogP contribution in [-0.4, -0.2) is 35.8 Å². The molecule has 1 saturated heterocycles. The van der Waals surface area contributed by atoms with E-state index in [9.17, 15) is 9.59 Å². The first kappa shape index (κ1) is 19.7. The van der Waals surface area contributed by atoms with Crippen LogP contribution in [0.25, 0.3) is 0 Å². The van der Waals surface area contributed by atoms with Crippen LogP contribution in [0.3, 0.4) is 0 Å². The molecule has 0 radical (unpaired) electrons. The fourth-order valence-electron chi connectivity index (χ4n) is 3.35. The summed E-state index contributed by atoms with van der Waals surface area (Å²) in [6.07, 6.45) is 1.79. The molecule has 1 aliphatic carbocycles. The van der Waals surface area contributed by atoms with Gasteiger partial charge in [-0.1, -0.05) is 20.8 Å². The van der Waals surface area contributed by atoms with Crippen molar-refractivity contribution in [3.05, 3.63) is 29.8 Å². The number of halogens is 1. The summed E-state index contributed by atoms with van der Waals surface area (Å²) in [5, 5.41) is 2.92. The highest BCUT2D eigenvalue weighted by Gasteiger charge is 2.39. The lowest BCUT2D eigenvalue weighted by molar-refractivity contribution is -0.117. The molecule has 0 aromatic heterocycles. The second-order valence-corrected chi connectivity index (χ2v) is 8.00. The Labute approximate surface area is 155 Å². The van der Waals surface area contributed by atoms with E-state index in [4.69, 9.17) is 5.73 Å². The number of nitrogens with zero attached hydrogens (tertiary/aromatic N) is 1. The summed E-state index contributed by atoms with van der Waals surface area (Å²) in [5.41, 5.74) is 7.47. The maximum absolute atomic E-state index is 12.7. The summed E-state index contributed by atoms with van der Waals surface area (Å²) in [5.74, 6) is 0.739. The van der Waals surface area contributed by atoms with Crippen molar-refractivity contribution in [3.63, 3.8) is 0 Å². The zero-order chi connectivity index (χ0) is 17.5. The van der Waals surface area contributed by atoms with E-state index in [2.05, 4.69) is 26.1 Å². The number of likely N-dealkylation sites (tertiary alicyclic amines) is 1. The van der Waals surface area contributed by atoms with Crippen LogP contribution < -0.4 is 11.1 Å². The van der Waals surface area contributed by atoms with Crippen LogP contribution in [0, 0.1) is 17.3 Å². The van der Waals surface area contributed by atoms with Gasteiger partial charge in [0, 0.05) is 36.3 Å². The predicted molar refractivity (Wildman–Crippen MR) is 102 cm³/mol. The fourth-order valence-corrected chi connectivity index (χ4v) is 3.35. The molecule has 3 N–H and O–H groups in total. The van der Waals surface area contributed by atoms with E-state index >= 15 is 0 Å². The van der Waals surface area contributed by atoms with Crippen LogP contribution in [-0.2, 0) is 4.79 Å². The van der Waals surface area contributed by atoms with E-state index in [1.807, 2.05) is 4.90 Å². The maximum atomic E-state index is 12.7. The van der Waals surface area contributed by atoms with Crippen molar-refractivity contribution in [2.75, 3.05) is 18.4 Å². The summed E-state index contributed by atoms with van der Waals surface area (Å²) in [7, 11) is 0. The van der Waals surface area contributed by atoms with Gasteiger partial charge >= 0.3 is 0 Å². The molecule has 2 fully saturated rings. The van der Waals surface area contributed by atoms with Gasteiger partial charge in [-0.05, 0) is 48.4 Å². The van der Waals surface area contributed by atoms with Crippen LogP contribution >= 0.6 is 12.4 Å². The van der Waals surface area contributed by atoms with Gasteiger partial charge in [0.15, 0.2) is 0 Å². The summed E-state index contributed by atoms with van der Waals surface area (Å²) in [6.45, 7) is 7.66. The number of hydrogen-bond acceptors (Lipinski definition) is 3. The van der Waals surface area contributed by atoms with E-state index < -0.39 is 0 Å². The minimum atomic E-state index is -0.0667. The Balaban J connectivity index is 0.00000225. The second kappa shape index (κ2) is 7.34. The number of hydrogen-bond donors (Lipinski definition) is 2. The predicted octanol–water partition coefficient (Wildman–Crippen LogP) is 2.90. The van der Waals surface area contributed by atoms with Crippen LogP contribution in [0.5, 0.6) is 0 Å². The molecule has 5 nitrogen and oxygen atoms in total. The van der Waals surface area contributed by atoms with Gasteiger partial charge in [-0.25, -0.2) is 0 Å². The van der Waals surface area contributed by atoms with Gasteiger partial charge in [-0.3, -0.25) is 9.59 Å². The molecule has 25 heavy (non-hydrogen) atoms. The first-order valence-corrected chi connectivity index (χ1v) is 8.74. The van der Waals surface area contributed by atoms with Crippen LogP contribution in [0.2, 0.25) is 0 Å². The number of benzene rings is 1. The number of nitrogens with two attached hydrogens (primary N) is 1. The summed E-state index contributed by atoms with van der Waals surface area (Å²) in [4.78, 5) is 26.5. The van der Waals surface area contributed by atoms with E-state index in [0.29, 0.717) is 24.6 Å². The SMILES string of the molecule is CC1CC1C(=O)Nc1ccc(C(=O)N2CCC(N)C(C)(C)C2)cc1.Cl. The molecule has 3 unspecified atom stereocenters. The highest BCUT2D eigenvalue weighted by atomic mass is 35.5. The van der Waals surface area contributed by atoms with Gasteiger partial charge in [-0.15, -0.1) is 12.4 Å². The topological polar surface area (TPSA) is 75.4 Å². The molecule has 2 aliphatic rings. The molecule has 1 aromatic carbocycles. The molecule has 0 spiro atoms. The Kier molecular flexibility index (Phi) is 5.79. The number of piperidine rings is 1. The molecule has 1 aromatic rings. The molecule has 6 heteroatoms. The normalized spacial score (nSPS) is 27.2. The van der Waals surface area contributed by atoms with Crippen molar-refractivity contribution >= 4 is 29.9 Å². The molecule has 0 bridgehead atoms. The smallest absolute Gasteiger partial charge is 0.253 e. The number of carbonyl (C=O) groups is 2. The Morgan fingerprint density at radius 1 is 1.24 bits per heavy atom. The van der Waals surface area contributed by atoms with E-state index in [-0.39, 0.29) is 41.6 Å². The van der Waals surface area contributed by atoms with Crippen LogP contribution in [0.1, 0.15) is 44.0 Å². The summed E-state index contributed by atoms with van der Waals surface area (Å²) >= 11 is 0. The molecule has 1 heterocycles. The van der Waals surface area contributed by atoms with E-state index in [1.54, 1.807) is 24.3 Å². The van der Waals surface area contributed by atoms with Crippen molar-refractivity contribution in [1.82, 2.24) is 4.90 Å². The minimum absolute atomic E-state index is 0. The Morgan fingerprint density at radius 2 is 1.84 bits per heavy atom. The fraction of sp³-hybridized carbons (Fsp3) is 0.579. The van der Waals surface area contributed by atoms with Crippen molar-refractivity contribution in [3.8, 4) is 0 Å². The number of amides is 2. The summed E-state index contributed by atoms with van der Waals surface area (Å²) in [6, 6.07) is 7.31. The lowest BCUT2D eigenvalue weighted by Crippen LogP contribution is -2.53. The number of nitrogens with one attached hydrogen (secondary N) is 1. The first-order valence-electron chi connectivity index (χ1n) is 8.74. The Bertz CT molecular complexity index is 645. The van der Waals surface area contributed by atoms with Gasteiger partial charge in [0.05, 0.1) is 0 Å². The van der Waals surface area contributed by atoms with Crippen LogP contribution in [0.15, 0.2) is 24.3 Å². The van der Waals surface area contributed by atoms with Gasteiger partial charge in [0.2, 0.25) is 5.91 Å². The number of carbonyl (C=O) groups excluding carboxylic acids is 2.